The van der Waals surface area contributed by atoms with Crippen molar-refractivity contribution in [1.29, 1.82) is 5.41 Å². The number of carbonyl (C=O) groups excluding carboxylic acids is 3. The van der Waals surface area contributed by atoms with Gasteiger partial charge >= 0.3 is 12.1 Å². The number of carbonyl (C=O) groups is 3. The molecule has 1 aliphatic rings. The predicted octanol–water partition coefficient (Wildman–Crippen LogP) is 5.06. The summed E-state index contributed by atoms with van der Waals surface area (Å²) in [5.41, 5.74) is -1.73. The van der Waals surface area contributed by atoms with E-state index in [0.717, 1.165) is 5.56 Å². The summed E-state index contributed by atoms with van der Waals surface area (Å²) in [5, 5.41) is 8.95. The van der Waals surface area contributed by atoms with Crippen molar-refractivity contribution in [2.24, 2.45) is 11.3 Å². The summed E-state index contributed by atoms with van der Waals surface area (Å²) < 4.78 is 11.2. The lowest BCUT2D eigenvalue weighted by molar-refractivity contribution is -0.154. The fourth-order valence-electron chi connectivity index (χ4n) is 4.26. The Kier molecular flexibility index (Phi) is 7.89. The minimum Gasteiger partial charge on any atom is -0.460 e. The van der Waals surface area contributed by atoms with Crippen LogP contribution in [0.1, 0.15) is 43.1 Å². The molecular weight excluding hydrogens is 444 g/mol. The van der Waals surface area contributed by atoms with Crippen molar-refractivity contribution in [3.63, 3.8) is 0 Å². The molecule has 1 N–H and O–H groups in total. The Bertz CT molecular complexity index is 1090. The normalized spacial score (nSPS) is 19.6. The lowest BCUT2D eigenvalue weighted by Gasteiger charge is -2.32. The number of nitrogens with one attached hydrogen (secondary N) is 1. The molecule has 0 radical (unpaired) electrons. The maximum Gasteiger partial charge on any atom is 0.410 e. The number of ketones is 1. The van der Waals surface area contributed by atoms with Gasteiger partial charge in [0.25, 0.3) is 0 Å². The first-order valence-corrected chi connectivity index (χ1v) is 11.6. The van der Waals surface area contributed by atoms with Crippen LogP contribution in [0.2, 0.25) is 0 Å². The summed E-state index contributed by atoms with van der Waals surface area (Å²) in [6.45, 7) is 8.98. The van der Waals surface area contributed by atoms with Crippen LogP contribution in [-0.2, 0) is 20.9 Å². The Hall–Kier alpha value is -3.74. The largest absolute Gasteiger partial charge is 0.460 e. The Morgan fingerprint density at radius 3 is 2.26 bits per heavy atom. The highest BCUT2D eigenvalue weighted by atomic mass is 16.6. The van der Waals surface area contributed by atoms with Gasteiger partial charge in [0, 0.05) is 24.6 Å². The second kappa shape index (κ2) is 10.7. The molecule has 1 heterocycles. The van der Waals surface area contributed by atoms with Crippen LogP contribution in [0.3, 0.4) is 0 Å². The van der Waals surface area contributed by atoms with E-state index < -0.39 is 40.5 Å². The molecule has 1 aliphatic heterocycles. The number of esters is 1. The first kappa shape index (κ1) is 25.9. The van der Waals surface area contributed by atoms with Crippen LogP contribution in [0.4, 0.5) is 4.79 Å². The number of hydrogen-bond acceptors (Lipinski definition) is 6. The second-order valence-corrected chi connectivity index (χ2v) is 9.69. The SMILES string of the molecule is C=CC[C@H]1CN(C(=O)OC(C)(C)C)C[C@@]1(C(=N)C(=O)c1ccccc1)C(=O)OCc1ccccc1. The number of ether oxygens (including phenoxy) is 2. The smallest absolute Gasteiger partial charge is 0.410 e. The predicted molar refractivity (Wildman–Crippen MR) is 133 cm³/mol. The van der Waals surface area contributed by atoms with Gasteiger partial charge in [-0.15, -0.1) is 6.58 Å². The number of benzene rings is 2. The fourth-order valence-corrected chi connectivity index (χ4v) is 4.26. The van der Waals surface area contributed by atoms with Gasteiger partial charge < -0.3 is 14.4 Å². The molecule has 7 nitrogen and oxygen atoms in total. The molecule has 7 heteroatoms. The van der Waals surface area contributed by atoms with E-state index in [4.69, 9.17) is 14.9 Å². The van der Waals surface area contributed by atoms with Gasteiger partial charge in [-0.05, 0) is 32.8 Å². The Morgan fingerprint density at radius 2 is 1.69 bits per heavy atom. The third-order valence-electron chi connectivity index (χ3n) is 5.97. The molecule has 0 aliphatic carbocycles. The van der Waals surface area contributed by atoms with E-state index >= 15 is 0 Å². The summed E-state index contributed by atoms with van der Waals surface area (Å²) in [7, 11) is 0. The molecule has 1 fully saturated rings. The molecule has 0 spiro atoms. The van der Waals surface area contributed by atoms with Crippen molar-refractivity contribution < 1.29 is 23.9 Å². The van der Waals surface area contributed by atoms with Crippen molar-refractivity contribution in [2.45, 2.75) is 39.4 Å². The third kappa shape index (κ3) is 5.85. The number of likely N-dealkylation sites (tertiary alicyclic amines) is 1. The number of hydrogen-bond donors (Lipinski definition) is 1. The summed E-state index contributed by atoms with van der Waals surface area (Å²) in [6, 6.07) is 17.5. The summed E-state index contributed by atoms with van der Waals surface area (Å²) >= 11 is 0. The zero-order chi connectivity index (χ0) is 25.6. The van der Waals surface area contributed by atoms with Crippen LogP contribution in [0.5, 0.6) is 0 Å². The fraction of sp³-hybridized carbons (Fsp3) is 0.357. The van der Waals surface area contributed by atoms with Crippen LogP contribution in [-0.4, -0.2) is 47.1 Å². The van der Waals surface area contributed by atoms with Crippen molar-refractivity contribution in [3.8, 4) is 0 Å². The first-order valence-electron chi connectivity index (χ1n) is 11.6. The monoisotopic (exact) mass is 476 g/mol. The lowest BCUT2D eigenvalue weighted by atomic mass is 9.70. The minimum atomic E-state index is -1.66. The zero-order valence-electron chi connectivity index (χ0n) is 20.5. The Labute approximate surface area is 206 Å². The lowest BCUT2D eigenvalue weighted by Crippen LogP contribution is -2.50. The van der Waals surface area contributed by atoms with Crippen LogP contribution >= 0.6 is 0 Å². The van der Waals surface area contributed by atoms with E-state index in [1.807, 2.05) is 30.3 Å². The second-order valence-electron chi connectivity index (χ2n) is 9.69. The highest BCUT2D eigenvalue weighted by Gasteiger charge is 2.59. The molecule has 0 saturated carbocycles. The highest BCUT2D eigenvalue weighted by Crippen LogP contribution is 2.42. The minimum absolute atomic E-state index is 0.0124. The van der Waals surface area contributed by atoms with Gasteiger partial charge in [0.05, 0.1) is 5.71 Å². The molecule has 1 amide bonds. The molecule has 0 unspecified atom stereocenters. The molecule has 184 valence electrons. The zero-order valence-corrected chi connectivity index (χ0v) is 20.5. The van der Waals surface area contributed by atoms with E-state index in [9.17, 15) is 14.4 Å². The van der Waals surface area contributed by atoms with E-state index in [0.29, 0.717) is 12.0 Å². The summed E-state index contributed by atoms with van der Waals surface area (Å²) in [6.07, 6.45) is 1.33. The van der Waals surface area contributed by atoms with Gasteiger partial charge in [0.15, 0.2) is 0 Å². The molecular formula is C28H32N2O5. The van der Waals surface area contributed by atoms with Crippen molar-refractivity contribution in [1.82, 2.24) is 4.90 Å². The van der Waals surface area contributed by atoms with E-state index in [1.165, 1.54) is 4.90 Å². The van der Waals surface area contributed by atoms with Crippen LogP contribution in [0.15, 0.2) is 73.3 Å². The number of nitrogens with zero attached hydrogens (tertiary/aromatic N) is 1. The molecule has 3 rings (SSSR count). The number of amides is 1. The average Bonchev–Trinajstić information content (AvgIpc) is 3.22. The summed E-state index contributed by atoms with van der Waals surface area (Å²) in [5.74, 6) is -1.87. The number of allylic oxidation sites excluding steroid dienone is 1. The van der Waals surface area contributed by atoms with Gasteiger partial charge in [-0.1, -0.05) is 66.7 Å². The van der Waals surface area contributed by atoms with Crippen molar-refractivity contribution in [3.05, 3.63) is 84.4 Å². The van der Waals surface area contributed by atoms with E-state index in [2.05, 4.69) is 6.58 Å². The molecule has 2 atom stereocenters. The maximum atomic E-state index is 13.7. The van der Waals surface area contributed by atoms with Crippen molar-refractivity contribution >= 4 is 23.6 Å². The third-order valence-corrected chi connectivity index (χ3v) is 5.97. The van der Waals surface area contributed by atoms with Crippen LogP contribution < -0.4 is 0 Å². The van der Waals surface area contributed by atoms with Crippen molar-refractivity contribution in [2.75, 3.05) is 13.1 Å². The average molecular weight is 477 g/mol. The molecule has 0 bridgehead atoms. The molecule has 1 saturated heterocycles. The number of Topliss-reactive ketones (excluding diaryl/α,β-unsaturated/α-hetero) is 1. The quantitative estimate of drug-likeness (QED) is 0.249. The van der Waals surface area contributed by atoms with Gasteiger partial charge in [-0.3, -0.25) is 15.0 Å². The maximum absolute atomic E-state index is 13.7. The van der Waals surface area contributed by atoms with Gasteiger partial charge in [-0.2, -0.15) is 0 Å². The Morgan fingerprint density at radius 1 is 1.09 bits per heavy atom. The standard InChI is InChI=1S/C28H32N2O5/c1-5-12-22-17-30(26(33)35-27(2,3)4)19-28(22,24(29)23(31)21-15-10-7-11-16-21)25(32)34-18-20-13-8-6-9-14-20/h5-11,13-16,22,29H,1,12,17-19H2,2-4H3/t22-,28+/m0/s1. The van der Waals surface area contributed by atoms with Crippen LogP contribution in [0.25, 0.3) is 0 Å². The summed E-state index contributed by atoms with van der Waals surface area (Å²) in [4.78, 5) is 41.4. The first-order chi connectivity index (χ1) is 16.6. The van der Waals surface area contributed by atoms with Gasteiger partial charge in [0.2, 0.25) is 5.78 Å². The van der Waals surface area contributed by atoms with Gasteiger partial charge in [0.1, 0.15) is 17.6 Å². The molecule has 0 aromatic heterocycles. The van der Waals surface area contributed by atoms with Crippen LogP contribution in [0, 0.1) is 16.7 Å². The molecule has 2 aromatic carbocycles. The molecule has 35 heavy (non-hydrogen) atoms. The topological polar surface area (TPSA) is 96.8 Å². The number of rotatable bonds is 8. The van der Waals surface area contributed by atoms with E-state index in [1.54, 1.807) is 57.2 Å². The van der Waals surface area contributed by atoms with Gasteiger partial charge in [-0.25, -0.2) is 4.79 Å². The Balaban J connectivity index is 2.00. The molecule has 2 aromatic rings. The van der Waals surface area contributed by atoms with E-state index in [-0.39, 0.29) is 19.7 Å². The highest BCUT2D eigenvalue weighted by molar-refractivity contribution is 6.49.